The topological polar surface area (TPSA) is 83.8 Å². The number of aryl methyl sites for hydroxylation is 1. The standard InChI is InChI=1S/C21H24N4O3S/c1-16-4-9-20-23-18(15-24(20)14-16)10-11-22-21(26)17-5-7-19(8-6-17)29(27,28)25-12-2-3-13-25/h4-9,14-15H,2-3,10-13H2,1H3,(H,22,26). The number of rotatable bonds is 6. The summed E-state index contributed by atoms with van der Waals surface area (Å²) >= 11 is 0. The molecule has 1 N–H and O–H groups in total. The van der Waals surface area contributed by atoms with Crippen molar-refractivity contribution in [2.75, 3.05) is 19.6 Å². The Balaban J connectivity index is 1.35. The first-order chi connectivity index (χ1) is 13.9. The van der Waals surface area contributed by atoms with Crippen LogP contribution in [0.2, 0.25) is 0 Å². The lowest BCUT2D eigenvalue weighted by Crippen LogP contribution is -2.28. The molecule has 1 aromatic carbocycles. The van der Waals surface area contributed by atoms with Gasteiger partial charge >= 0.3 is 0 Å². The zero-order valence-corrected chi connectivity index (χ0v) is 17.2. The van der Waals surface area contributed by atoms with Crippen LogP contribution in [0.3, 0.4) is 0 Å². The van der Waals surface area contributed by atoms with Crippen molar-refractivity contribution in [1.82, 2.24) is 19.0 Å². The second-order valence-electron chi connectivity index (χ2n) is 7.35. The van der Waals surface area contributed by atoms with Gasteiger partial charge in [-0.05, 0) is 55.7 Å². The minimum Gasteiger partial charge on any atom is -0.352 e. The van der Waals surface area contributed by atoms with Crippen molar-refractivity contribution in [2.24, 2.45) is 0 Å². The van der Waals surface area contributed by atoms with Gasteiger partial charge in [-0.15, -0.1) is 0 Å². The Morgan fingerprint density at radius 3 is 2.52 bits per heavy atom. The minimum atomic E-state index is -3.46. The average molecular weight is 413 g/mol. The van der Waals surface area contributed by atoms with Gasteiger partial charge in [0.2, 0.25) is 10.0 Å². The molecular formula is C21H24N4O3S. The lowest BCUT2D eigenvalue weighted by molar-refractivity contribution is 0.0954. The van der Waals surface area contributed by atoms with Gasteiger partial charge in [-0.3, -0.25) is 4.79 Å². The first-order valence-electron chi connectivity index (χ1n) is 9.76. The highest BCUT2D eigenvalue weighted by atomic mass is 32.2. The van der Waals surface area contributed by atoms with Crippen molar-refractivity contribution >= 4 is 21.6 Å². The van der Waals surface area contributed by atoms with Gasteiger partial charge in [0, 0.05) is 44.0 Å². The molecule has 1 aliphatic heterocycles. The van der Waals surface area contributed by atoms with Crippen LogP contribution in [0.25, 0.3) is 5.65 Å². The number of nitrogens with zero attached hydrogens (tertiary/aromatic N) is 3. The molecule has 0 saturated carbocycles. The summed E-state index contributed by atoms with van der Waals surface area (Å²) in [6.07, 6.45) is 6.39. The van der Waals surface area contributed by atoms with E-state index in [-0.39, 0.29) is 10.8 Å². The van der Waals surface area contributed by atoms with Crippen LogP contribution in [-0.4, -0.2) is 47.6 Å². The van der Waals surface area contributed by atoms with E-state index in [0.29, 0.717) is 31.6 Å². The first kappa shape index (κ1) is 19.6. The molecule has 0 unspecified atom stereocenters. The van der Waals surface area contributed by atoms with Gasteiger partial charge in [0.1, 0.15) is 5.65 Å². The van der Waals surface area contributed by atoms with Gasteiger partial charge in [-0.1, -0.05) is 6.07 Å². The Morgan fingerprint density at radius 1 is 1.07 bits per heavy atom. The summed E-state index contributed by atoms with van der Waals surface area (Å²) in [5, 5.41) is 2.87. The number of fused-ring (bicyclic) bond motifs is 1. The molecule has 0 spiro atoms. The van der Waals surface area contributed by atoms with Gasteiger partial charge in [0.25, 0.3) is 5.91 Å². The average Bonchev–Trinajstić information content (AvgIpc) is 3.38. The molecule has 1 amide bonds. The van der Waals surface area contributed by atoms with E-state index in [1.807, 2.05) is 35.9 Å². The quantitative estimate of drug-likeness (QED) is 0.674. The minimum absolute atomic E-state index is 0.227. The van der Waals surface area contributed by atoms with E-state index < -0.39 is 10.0 Å². The van der Waals surface area contributed by atoms with Crippen molar-refractivity contribution in [1.29, 1.82) is 0 Å². The van der Waals surface area contributed by atoms with Crippen LogP contribution < -0.4 is 5.32 Å². The molecule has 1 aliphatic rings. The molecule has 3 heterocycles. The molecule has 0 atom stereocenters. The largest absolute Gasteiger partial charge is 0.352 e. The Kier molecular flexibility index (Phi) is 5.38. The lowest BCUT2D eigenvalue weighted by Gasteiger charge is -2.15. The van der Waals surface area contributed by atoms with Crippen molar-refractivity contribution in [3.63, 3.8) is 0 Å². The number of hydrogen-bond acceptors (Lipinski definition) is 4. The van der Waals surface area contributed by atoms with E-state index in [4.69, 9.17) is 0 Å². The van der Waals surface area contributed by atoms with Crippen LogP contribution in [0, 0.1) is 6.92 Å². The van der Waals surface area contributed by atoms with Gasteiger partial charge in [-0.25, -0.2) is 13.4 Å². The van der Waals surface area contributed by atoms with Crippen molar-refractivity contribution in [3.05, 3.63) is 65.6 Å². The molecule has 0 radical (unpaired) electrons. The fourth-order valence-electron chi connectivity index (χ4n) is 3.54. The van der Waals surface area contributed by atoms with Gasteiger partial charge in [-0.2, -0.15) is 4.31 Å². The van der Waals surface area contributed by atoms with Crippen molar-refractivity contribution in [3.8, 4) is 0 Å². The number of pyridine rings is 1. The van der Waals surface area contributed by atoms with Crippen LogP contribution >= 0.6 is 0 Å². The van der Waals surface area contributed by atoms with Crippen molar-refractivity contribution < 1.29 is 13.2 Å². The Labute approximate surface area is 170 Å². The fourth-order valence-corrected chi connectivity index (χ4v) is 5.06. The van der Waals surface area contributed by atoms with E-state index in [2.05, 4.69) is 10.3 Å². The summed E-state index contributed by atoms with van der Waals surface area (Å²) in [4.78, 5) is 17.1. The van der Waals surface area contributed by atoms with Gasteiger partial charge < -0.3 is 9.72 Å². The maximum absolute atomic E-state index is 12.6. The molecule has 2 aromatic heterocycles. The first-order valence-corrected chi connectivity index (χ1v) is 11.2. The summed E-state index contributed by atoms with van der Waals surface area (Å²) in [5.41, 5.74) is 3.38. The molecule has 3 aromatic rings. The third kappa shape index (κ3) is 4.18. The summed E-state index contributed by atoms with van der Waals surface area (Å²) in [5.74, 6) is -0.227. The van der Waals surface area contributed by atoms with Crippen LogP contribution in [-0.2, 0) is 16.4 Å². The maximum atomic E-state index is 12.6. The number of benzene rings is 1. The fraction of sp³-hybridized carbons (Fsp3) is 0.333. The summed E-state index contributed by atoms with van der Waals surface area (Å²) in [7, 11) is -3.46. The third-order valence-corrected chi connectivity index (χ3v) is 7.05. The lowest BCUT2D eigenvalue weighted by atomic mass is 10.2. The second-order valence-corrected chi connectivity index (χ2v) is 9.28. The predicted molar refractivity (Wildman–Crippen MR) is 110 cm³/mol. The number of hydrogen-bond donors (Lipinski definition) is 1. The zero-order chi connectivity index (χ0) is 20.4. The van der Waals surface area contributed by atoms with Crippen molar-refractivity contribution in [2.45, 2.75) is 31.1 Å². The number of amides is 1. The van der Waals surface area contributed by atoms with Crippen LogP contribution in [0.1, 0.15) is 34.5 Å². The SMILES string of the molecule is Cc1ccc2nc(CCNC(=O)c3ccc(S(=O)(=O)N4CCCC4)cc3)cn2c1. The van der Waals surface area contributed by atoms with E-state index in [1.54, 1.807) is 12.1 Å². The summed E-state index contributed by atoms with van der Waals surface area (Å²) < 4.78 is 28.6. The molecule has 7 nitrogen and oxygen atoms in total. The second kappa shape index (κ2) is 7.96. The van der Waals surface area contributed by atoms with Crippen LogP contribution in [0.15, 0.2) is 53.7 Å². The van der Waals surface area contributed by atoms with Crippen LogP contribution in [0.5, 0.6) is 0 Å². The molecule has 1 saturated heterocycles. The molecule has 8 heteroatoms. The van der Waals surface area contributed by atoms with Gasteiger partial charge in [0.15, 0.2) is 0 Å². The molecule has 0 bridgehead atoms. The molecule has 0 aliphatic carbocycles. The molecule has 4 rings (SSSR count). The highest BCUT2D eigenvalue weighted by Crippen LogP contribution is 2.21. The molecule has 1 fully saturated rings. The highest BCUT2D eigenvalue weighted by Gasteiger charge is 2.27. The monoisotopic (exact) mass is 412 g/mol. The molecular weight excluding hydrogens is 388 g/mol. The van der Waals surface area contributed by atoms with E-state index in [1.165, 1.54) is 16.4 Å². The molecule has 152 valence electrons. The Morgan fingerprint density at radius 2 is 1.79 bits per heavy atom. The van der Waals surface area contributed by atoms with Crippen LogP contribution in [0.4, 0.5) is 0 Å². The normalized spacial score (nSPS) is 15.1. The van der Waals surface area contributed by atoms with E-state index in [0.717, 1.165) is 29.7 Å². The Bertz CT molecular complexity index is 1130. The Hall–Kier alpha value is -2.71. The highest BCUT2D eigenvalue weighted by molar-refractivity contribution is 7.89. The smallest absolute Gasteiger partial charge is 0.251 e. The zero-order valence-electron chi connectivity index (χ0n) is 16.3. The summed E-state index contributed by atoms with van der Waals surface area (Å²) in [6, 6.07) is 10.1. The van der Waals surface area contributed by atoms with E-state index in [9.17, 15) is 13.2 Å². The predicted octanol–water partition coefficient (Wildman–Crippen LogP) is 2.40. The third-order valence-electron chi connectivity index (χ3n) is 5.13. The maximum Gasteiger partial charge on any atom is 0.251 e. The summed E-state index contributed by atoms with van der Waals surface area (Å²) in [6.45, 7) is 3.61. The van der Waals surface area contributed by atoms with Gasteiger partial charge in [0.05, 0.1) is 10.6 Å². The number of carbonyl (C=O) groups is 1. The number of aromatic nitrogens is 2. The number of nitrogens with one attached hydrogen (secondary N) is 1. The van der Waals surface area contributed by atoms with E-state index >= 15 is 0 Å². The number of carbonyl (C=O) groups excluding carboxylic acids is 1. The number of sulfonamides is 1. The number of imidazole rings is 1. The molecule has 29 heavy (non-hydrogen) atoms.